The standard InChI is InChI=1S/C23H19N3O5S/c1-2-31-20(28)11-15-3-5-16(6-4-15)19(27)14-32-23-24-21(17-7-9-29-12-17)22(25-26-23)18-8-10-30-13-18/h3-10,12-13H,2,11,14H2,1H3. The van der Waals surface area contributed by atoms with Crippen molar-refractivity contribution in [3.63, 3.8) is 0 Å². The fraction of sp³-hybridized carbons (Fsp3) is 0.174. The van der Waals surface area contributed by atoms with Gasteiger partial charge in [-0.2, -0.15) is 0 Å². The van der Waals surface area contributed by atoms with Crippen molar-refractivity contribution in [3.05, 3.63) is 72.6 Å². The molecule has 8 nitrogen and oxygen atoms in total. The molecule has 0 atom stereocenters. The maximum Gasteiger partial charge on any atom is 0.310 e. The Morgan fingerprint density at radius 3 is 2.25 bits per heavy atom. The first-order chi connectivity index (χ1) is 15.6. The molecule has 0 unspecified atom stereocenters. The van der Waals surface area contributed by atoms with E-state index in [9.17, 15) is 9.59 Å². The topological polar surface area (TPSA) is 108 Å². The molecule has 1 aromatic carbocycles. The minimum atomic E-state index is -0.293. The molecule has 32 heavy (non-hydrogen) atoms. The van der Waals surface area contributed by atoms with Crippen molar-refractivity contribution in [3.8, 4) is 22.5 Å². The van der Waals surface area contributed by atoms with E-state index in [2.05, 4.69) is 15.2 Å². The van der Waals surface area contributed by atoms with Crippen molar-refractivity contribution in [1.29, 1.82) is 0 Å². The van der Waals surface area contributed by atoms with Gasteiger partial charge in [-0.05, 0) is 24.6 Å². The number of esters is 1. The van der Waals surface area contributed by atoms with Gasteiger partial charge >= 0.3 is 5.97 Å². The molecule has 0 radical (unpaired) electrons. The average Bonchev–Trinajstić information content (AvgIpc) is 3.52. The van der Waals surface area contributed by atoms with Gasteiger partial charge in [-0.3, -0.25) is 9.59 Å². The Kier molecular flexibility index (Phi) is 6.76. The van der Waals surface area contributed by atoms with Gasteiger partial charge in [0.1, 0.15) is 11.4 Å². The third-order valence-corrected chi connectivity index (χ3v) is 5.36. The molecular formula is C23H19N3O5S. The molecule has 9 heteroatoms. The molecule has 4 aromatic rings. The van der Waals surface area contributed by atoms with Gasteiger partial charge in [-0.25, -0.2) is 4.98 Å². The van der Waals surface area contributed by atoms with Crippen LogP contribution in [0.1, 0.15) is 22.8 Å². The SMILES string of the molecule is CCOC(=O)Cc1ccc(C(=O)CSc2nnc(-c3ccoc3)c(-c3ccoc3)n2)cc1. The lowest BCUT2D eigenvalue weighted by atomic mass is 10.1. The van der Waals surface area contributed by atoms with Crippen LogP contribution in [0.25, 0.3) is 22.5 Å². The van der Waals surface area contributed by atoms with Crippen LogP contribution in [0.15, 0.2) is 75.4 Å². The number of ketones is 1. The van der Waals surface area contributed by atoms with Gasteiger partial charge < -0.3 is 13.6 Å². The summed E-state index contributed by atoms with van der Waals surface area (Å²) in [5.41, 5.74) is 3.99. The molecule has 3 heterocycles. The Hall–Kier alpha value is -3.72. The summed E-state index contributed by atoms with van der Waals surface area (Å²) in [7, 11) is 0. The van der Waals surface area contributed by atoms with E-state index in [1.54, 1.807) is 68.4 Å². The summed E-state index contributed by atoms with van der Waals surface area (Å²) < 4.78 is 15.3. The minimum Gasteiger partial charge on any atom is -0.472 e. The lowest BCUT2D eigenvalue weighted by Crippen LogP contribution is -2.08. The molecule has 0 amide bonds. The van der Waals surface area contributed by atoms with Gasteiger partial charge in [0.05, 0.1) is 43.8 Å². The Bertz CT molecular complexity index is 1190. The van der Waals surface area contributed by atoms with Gasteiger partial charge in [0, 0.05) is 16.7 Å². The van der Waals surface area contributed by atoms with E-state index >= 15 is 0 Å². The van der Waals surface area contributed by atoms with E-state index in [0.29, 0.717) is 28.7 Å². The number of carbonyl (C=O) groups excluding carboxylic acids is 2. The van der Waals surface area contributed by atoms with E-state index in [-0.39, 0.29) is 23.9 Å². The maximum atomic E-state index is 12.6. The number of furan rings is 2. The maximum absolute atomic E-state index is 12.6. The number of hydrogen-bond acceptors (Lipinski definition) is 9. The van der Waals surface area contributed by atoms with E-state index in [4.69, 9.17) is 13.6 Å². The monoisotopic (exact) mass is 449 g/mol. The van der Waals surface area contributed by atoms with Crippen LogP contribution in [0.2, 0.25) is 0 Å². The minimum absolute atomic E-state index is 0.0787. The molecular weight excluding hydrogens is 430 g/mol. The Balaban J connectivity index is 1.45. The van der Waals surface area contributed by atoms with E-state index < -0.39 is 0 Å². The van der Waals surface area contributed by atoms with Crippen molar-refractivity contribution >= 4 is 23.5 Å². The fourth-order valence-corrected chi connectivity index (χ4v) is 3.65. The third-order valence-electron chi connectivity index (χ3n) is 4.52. The fourth-order valence-electron chi connectivity index (χ4n) is 2.97. The van der Waals surface area contributed by atoms with Crippen LogP contribution in [0.3, 0.4) is 0 Å². The molecule has 0 saturated carbocycles. The second-order valence-corrected chi connectivity index (χ2v) is 7.65. The number of ether oxygens (including phenoxy) is 1. The number of hydrogen-bond donors (Lipinski definition) is 0. The van der Waals surface area contributed by atoms with Crippen LogP contribution in [0.5, 0.6) is 0 Å². The summed E-state index contributed by atoms with van der Waals surface area (Å²) in [5, 5.41) is 8.83. The number of rotatable bonds is 9. The quantitative estimate of drug-likeness (QED) is 0.208. The zero-order chi connectivity index (χ0) is 22.3. The molecule has 0 aliphatic rings. The molecule has 3 aromatic heterocycles. The molecule has 4 rings (SSSR count). The number of benzene rings is 1. The van der Waals surface area contributed by atoms with Crippen molar-refractivity contribution in [2.75, 3.05) is 12.4 Å². The highest BCUT2D eigenvalue weighted by molar-refractivity contribution is 7.99. The normalized spacial score (nSPS) is 10.8. The predicted molar refractivity (Wildman–Crippen MR) is 117 cm³/mol. The lowest BCUT2D eigenvalue weighted by Gasteiger charge is -2.06. The Labute approximate surface area is 188 Å². The van der Waals surface area contributed by atoms with Crippen LogP contribution in [-0.2, 0) is 16.0 Å². The van der Waals surface area contributed by atoms with E-state index in [1.807, 2.05) is 0 Å². The van der Waals surface area contributed by atoms with Crippen LogP contribution in [0, 0.1) is 0 Å². The largest absolute Gasteiger partial charge is 0.472 e. The molecule has 0 aliphatic carbocycles. The molecule has 0 saturated heterocycles. The van der Waals surface area contributed by atoms with E-state index in [1.165, 1.54) is 11.8 Å². The van der Waals surface area contributed by atoms with E-state index in [0.717, 1.165) is 16.7 Å². The van der Waals surface area contributed by atoms with Crippen molar-refractivity contribution in [2.24, 2.45) is 0 Å². The number of carbonyl (C=O) groups is 2. The third kappa shape index (κ3) is 5.12. The van der Waals surface area contributed by atoms with Gasteiger partial charge in [0.25, 0.3) is 0 Å². The Morgan fingerprint density at radius 1 is 0.938 bits per heavy atom. The summed E-state index contributed by atoms with van der Waals surface area (Å²) in [4.78, 5) is 28.8. The van der Waals surface area contributed by atoms with Crippen molar-refractivity contribution < 1.29 is 23.2 Å². The highest BCUT2D eigenvalue weighted by atomic mass is 32.2. The average molecular weight is 449 g/mol. The molecule has 0 fully saturated rings. The number of Topliss-reactive ketones (excluding diaryl/α,β-unsaturated/α-hetero) is 1. The first-order valence-electron chi connectivity index (χ1n) is 9.84. The lowest BCUT2D eigenvalue weighted by molar-refractivity contribution is -0.142. The number of nitrogens with zero attached hydrogens (tertiary/aromatic N) is 3. The van der Waals surface area contributed by atoms with Crippen molar-refractivity contribution in [2.45, 2.75) is 18.5 Å². The molecule has 0 aliphatic heterocycles. The first-order valence-corrected chi connectivity index (χ1v) is 10.8. The zero-order valence-corrected chi connectivity index (χ0v) is 18.0. The van der Waals surface area contributed by atoms with Gasteiger partial charge in [-0.1, -0.05) is 36.0 Å². The van der Waals surface area contributed by atoms with Crippen LogP contribution in [0.4, 0.5) is 0 Å². The number of aromatic nitrogens is 3. The predicted octanol–water partition coefficient (Wildman–Crippen LogP) is 4.47. The summed E-state index contributed by atoms with van der Waals surface area (Å²) in [6.07, 6.45) is 6.42. The highest BCUT2D eigenvalue weighted by Gasteiger charge is 2.17. The van der Waals surface area contributed by atoms with Crippen LogP contribution >= 0.6 is 11.8 Å². The summed E-state index contributed by atoms with van der Waals surface area (Å²) in [6, 6.07) is 10.5. The number of thioether (sulfide) groups is 1. The van der Waals surface area contributed by atoms with Crippen LogP contribution in [-0.4, -0.2) is 39.3 Å². The Morgan fingerprint density at radius 2 is 1.62 bits per heavy atom. The molecule has 0 bridgehead atoms. The molecule has 0 spiro atoms. The first kappa shape index (κ1) is 21.5. The van der Waals surface area contributed by atoms with Gasteiger partial charge in [0.15, 0.2) is 5.78 Å². The second kappa shape index (κ2) is 10.1. The highest BCUT2D eigenvalue weighted by Crippen LogP contribution is 2.30. The molecule has 162 valence electrons. The smallest absolute Gasteiger partial charge is 0.310 e. The molecule has 0 N–H and O–H groups in total. The summed E-state index contributed by atoms with van der Waals surface area (Å²) in [6.45, 7) is 2.11. The van der Waals surface area contributed by atoms with Crippen molar-refractivity contribution in [1.82, 2.24) is 15.2 Å². The summed E-state index contributed by atoms with van der Waals surface area (Å²) in [5.74, 6) is -0.224. The zero-order valence-electron chi connectivity index (χ0n) is 17.2. The van der Waals surface area contributed by atoms with Gasteiger partial charge in [0.2, 0.25) is 5.16 Å². The van der Waals surface area contributed by atoms with Gasteiger partial charge in [-0.15, -0.1) is 10.2 Å². The van der Waals surface area contributed by atoms with Crippen LogP contribution < -0.4 is 0 Å². The summed E-state index contributed by atoms with van der Waals surface area (Å²) >= 11 is 1.20. The second-order valence-electron chi connectivity index (χ2n) is 6.71.